The van der Waals surface area contributed by atoms with Gasteiger partial charge in [-0.2, -0.15) is 0 Å². The molecule has 8 aliphatic rings. The number of benzene rings is 6. The first-order valence-corrected chi connectivity index (χ1v) is 43.5. The lowest BCUT2D eigenvalue weighted by Crippen LogP contribution is -2.64. The van der Waals surface area contributed by atoms with Gasteiger partial charge in [0, 0.05) is 41.7 Å². The third kappa shape index (κ3) is 21.0. The Balaban J connectivity index is 0.978. The maximum Gasteiger partial charge on any atom is 0.330 e. The number of aliphatic hydroxyl groups is 8. The molecule has 41 heteroatoms. The van der Waals surface area contributed by atoms with Crippen molar-refractivity contribution in [1.29, 1.82) is 0 Å². The number of fused-ring (bicyclic) bond motifs is 12. The molecule has 0 saturated carbocycles. The Morgan fingerprint density at radius 2 is 1.34 bits per heavy atom. The van der Waals surface area contributed by atoms with Gasteiger partial charge in [-0.25, -0.2) is 17.9 Å². The molecular weight excluding hydrogens is 1710 g/mol. The monoisotopic (exact) mass is 1810 g/mol. The fourth-order valence-electron chi connectivity index (χ4n) is 16.1. The van der Waals surface area contributed by atoms with Crippen molar-refractivity contribution in [3.63, 3.8) is 0 Å². The summed E-state index contributed by atoms with van der Waals surface area (Å²) >= 11 is 14.3. The normalized spacial score (nSPS) is 26.7. The second-order valence-electron chi connectivity index (χ2n) is 32.7. The highest BCUT2D eigenvalue weighted by atomic mass is 35.5. The summed E-state index contributed by atoms with van der Waals surface area (Å²) in [6.07, 6.45) is -13.9. The Labute approximate surface area is 734 Å². The van der Waals surface area contributed by atoms with Gasteiger partial charge in [-0.1, -0.05) is 93.9 Å². The third-order valence-corrected chi connectivity index (χ3v) is 24.9. The molecule has 38 nitrogen and oxygen atoms in total. The zero-order valence-electron chi connectivity index (χ0n) is 69.5. The smallest absolute Gasteiger partial charge is 0.330 e. The summed E-state index contributed by atoms with van der Waals surface area (Å²) in [5.74, 6) is -17.1. The SMILES string of the molecule is CCCCCOc1ccc(S(=O)(=O)NCCCCCCNCc2c(O)cc3c4c2C(O)(O)c2ccc(cc2-4)[C@H]2NC(=O)[C@@H]4NC(=O)[C@H](CC(N)=O)NC(=O)[C@H](NC(=O)[C@@H](CC(C)C)NC)[C@H](O)c5ccc(c(Cl)c5)Oc5cc4cc(c5O[C@@H]4O[C@H](CO)[C@@H](O)[C@H](O)[C@H]4O[C@H]4C[C@](C)(N)[C@H](O)[C@H](C)O4)Oc4ccc(cc4Cl)[C@@H](O)[C@H](NC2=O)C(=O)N[C@@H]3C(=O)O)cc1. The van der Waals surface area contributed by atoms with Crippen LogP contribution < -0.4 is 77.7 Å². The van der Waals surface area contributed by atoms with E-state index in [4.69, 9.17) is 67.8 Å². The number of carboxylic acid groups (broad SMARTS) is 1. The van der Waals surface area contributed by atoms with E-state index in [1.807, 2.05) is 13.8 Å². The minimum atomic E-state index is -3.86. The van der Waals surface area contributed by atoms with Gasteiger partial charge in [-0.05, 0) is 171 Å². The van der Waals surface area contributed by atoms with Crippen LogP contribution in [0.3, 0.4) is 0 Å². The second-order valence-corrected chi connectivity index (χ2v) is 35.3. The number of halogens is 2. The predicted octanol–water partition coefficient (Wildman–Crippen LogP) is 2.39. The van der Waals surface area contributed by atoms with Gasteiger partial charge in [-0.3, -0.25) is 33.6 Å². The topological polar surface area (TPSA) is 598 Å². The number of unbranched alkanes of at least 4 members (excludes halogenated alkanes) is 5. The Bertz CT molecular complexity index is 5190. The molecule has 7 heterocycles. The number of carbonyl (C=O) groups is 8. The van der Waals surface area contributed by atoms with Crippen LogP contribution in [0.5, 0.6) is 40.2 Å². The van der Waals surface area contributed by atoms with Gasteiger partial charge in [0.1, 0.15) is 83.7 Å². The molecule has 0 unspecified atom stereocenters. The van der Waals surface area contributed by atoms with Crippen molar-refractivity contribution in [3.8, 4) is 51.4 Å². The molecule has 0 radical (unpaired) electrons. The number of nitrogens with one attached hydrogen (secondary N) is 9. The molecule has 126 heavy (non-hydrogen) atoms. The molecule has 7 aliphatic heterocycles. The first-order chi connectivity index (χ1) is 59.7. The van der Waals surface area contributed by atoms with Crippen LogP contribution in [-0.2, 0) is 74.9 Å². The highest BCUT2D eigenvalue weighted by Crippen LogP contribution is 2.54. The molecular formula is C85H105Cl2N11O27S. The van der Waals surface area contributed by atoms with Gasteiger partial charge in [0.05, 0.1) is 52.8 Å². The van der Waals surface area contributed by atoms with Crippen LogP contribution in [0, 0.1) is 5.92 Å². The Morgan fingerprint density at radius 3 is 1.95 bits per heavy atom. The van der Waals surface area contributed by atoms with E-state index in [2.05, 4.69) is 54.2 Å². The number of hydrogen-bond donors (Lipinski definition) is 21. The molecule has 0 spiro atoms. The van der Waals surface area contributed by atoms with Crippen molar-refractivity contribution >= 4 is 80.5 Å². The van der Waals surface area contributed by atoms with Crippen LogP contribution in [0.4, 0.5) is 0 Å². The summed E-state index contributed by atoms with van der Waals surface area (Å²) < 4.78 is 73.3. The number of carbonyl (C=O) groups excluding carboxylic acids is 7. The summed E-state index contributed by atoms with van der Waals surface area (Å²) in [5.41, 5.74) is 7.55. The van der Waals surface area contributed by atoms with E-state index in [1.54, 1.807) is 12.1 Å². The molecule has 7 amide bonds. The molecule has 1 aliphatic carbocycles. The van der Waals surface area contributed by atoms with Crippen LogP contribution in [0.25, 0.3) is 11.1 Å². The molecule has 23 N–H and O–H groups in total. The number of aliphatic carboxylic acids is 1. The lowest BCUT2D eigenvalue weighted by Gasteiger charge is -2.47. The van der Waals surface area contributed by atoms with Crippen molar-refractivity contribution in [2.75, 3.05) is 33.4 Å². The number of primary amides is 1. The van der Waals surface area contributed by atoms with E-state index in [0.29, 0.717) is 38.0 Å². The number of sulfonamides is 1. The number of hydrogen-bond acceptors (Lipinski definition) is 29. The molecule has 2 fully saturated rings. The Kier molecular flexibility index (Phi) is 30.3. The molecule has 6 aromatic carbocycles. The van der Waals surface area contributed by atoms with Crippen LogP contribution in [0.2, 0.25) is 10.0 Å². The summed E-state index contributed by atoms with van der Waals surface area (Å²) in [4.78, 5) is 120. The van der Waals surface area contributed by atoms with Crippen molar-refractivity contribution in [1.82, 2.24) is 47.3 Å². The number of aromatic hydroxyl groups is 1. The standard InChI is InChI=1S/C85H105Cl2N11O27S/c1-7-8-13-26-119-44-17-19-45(20-18-44)126(117,118)92-25-12-10-9-11-24-91-36-48-54(100)33-47-62-46-28-40(14-21-49(46)85(115,116)63(48)62)64-78(109)98-68(81(112)96-66(47)82(113)114)70(103)42-16-23-56(51(87)30-42)122-58-32-43-31-57(73(58)125-83-74(72(105)71(104)59(37-99)123-83)124-61-35-84(5,89)75(106)39(4)120-61)121-55-22-15-41(29-50(55)86)69(102)67(97-76(107)52(90-6)27-38(2)3)80(111)93-53(34-60(88)101)77(108)94-65(43)79(110)95-64/h14-23,28-33,38-39,52-53,59,61,64-72,74-75,83,90-92,99-100,102-106,115-116H,7-13,24-27,34-37,89H2,1-6H3,(H2,88,101)(H,93,111)(H,94,108)(H,95,110)(H,96,112)(H,97,107)(H,98,109)(H,113,114)/t39-,52+,53-,59+,61-,64+,65+,66-,67+,68-,69+,70+,71+,72-,74+,75+,83-,84-/m0/s1. The van der Waals surface area contributed by atoms with Crippen LogP contribution in [0.1, 0.15) is 174 Å². The van der Waals surface area contributed by atoms with Crippen molar-refractivity contribution in [2.45, 2.75) is 225 Å². The van der Waals surface area contributed by atoms with E-state index in [9.17, 15) is 73.9 Å². The van der Waals surface area contributed by atoms with E-state index in [0.717, 1.165) is 79.9 Å². The fraction of sp³-hybridized carbons (Fsp3) is 0.482. The molecule has 11 bridgehead atoms. The number of rotatable bonds is 29. The molecule has 14 rings (SSSR count). The maximum absolute atomic E-state index is 16.4. The number of amides is 7. The molecule has 682 valence electrons. The second kappa shape index (κ2) is 40.1. The molecule has 6 aromatic rings. The van der Waals surface area contributed by atoms with E-state index in [-0.39, 0.29) is 87.4 Å². The highest BCUT2D eigenvalue weighted by molar-refractivity contribution is 7.89. The molecule has 2 saturated heterocycles. The zero-order chi connectivity index (χ0) is 91.3. The van der Waals surface area contributed by atoms with Gasteiger partial charge in [0.2, 0.25) is 69.2 Å². The van der Waals surface area contributed by atoms with E-state index < -0.39 is 241 Å². The van der Waals surface area contributed by atoms with Crippen LogP contribution in [0.15, 0.2) is 102 Å². The third-order valence-electron chi connectivity index (χ3n) is 22.9. The predicted molar refractivity (Wildman–Crippen MR) is 448 cm³/mol. The molecule has 0 aromatic heterocycles. The minimum Gasteiger partial charge on any atom is -0.508 e. The van der Waals surface area contributed by atoms with Crippen molar-refractivity contribution in [2.24, 2.45) is 17.4 Å². The number of phenols is 1. The van der Waals surface area contributed by atoms with Gasteiger partial charge in [0.15, 0.2) is 29.9 Å². The van der Waals surface area contributed by atoms with Crippen molar-refractivity contribution in [3.05, 3.63) is 152 Å². The quantitative estimate of drug-likeness (QED) is 0.0237. The first kappa shape index (κ1) is 95.1. The summed E-state index contributed by atoms with van der Waals surface area (Å²) in [6, 6.07) is 4.95. The van der Waals surface area contributed by atoms with Gasteiger partial charge in [0.25, 0.3) is 0 Å². The maximum atomic E-state index is 16.4. The van der Waals surface area contributed by atoms with Crippen LogP contribution >= 0.6 is 23.2 Å². The fourth-order valence-corrected chi connectivity index (χ4v) is 17.6. The average molecular weight is 1820 g/mol. The summed E-state index contributed by atoms with van der Waals surface area (Å²) in [5, 5.41) is 139. The van der Waals surface area contributed by atoms with E-state index >= 15 is 24.0 Å². The average Bonchev–Trinajstić information content (AvgIpc) is 1.55. The van der Waals surface area contributed by atoms with Gasteiger partial charge in [-0.15, -0.1) is 0 Å². The number of aliphatic hydroxyl groups excluding tert-OH is 6. The highest BCUT2D eigenvalue weighted by Gasteiger charge is 2.53. The van der Waals surface area contributed by atoms with Gasteiger partial charge < -0.3 is 138 Å². The lowest BCUT2D eigenvalue weighted by atomic mass is 9.86. The minimum absolute atomic E-state index is 0.0633. The lowest BCUT2D eigenvalue weighted by molar-refractivity contribution is -0.333. The summed E-state index contributed by atoms with van der Waals surface area (Å²) in [7, 11) is -2.39. The number of phenolic OH excluding ortho intramolecular Hbond substituents is 1. The number of nitrogens with two attached hydrogens (primary N) is 2. The van der Waals surface area contributed by atoms with Crippen LogP contribution in [-0.4, -0.2) is 219 Å². The zero-order valence-corrected chi connectivity index (χ0v) is 71.8. The Hall–Kier alpha value is -9.99. The molecule has 18 atom stereocenters. The van der Waals surface area contributed by atoms with Gasteiger partial charge >= 0.3 is 5.97 Å². The Morgan fingerprint density at radius 1 is 0.714 bits per heavy atom. The van der Waals surface area contributed by atoms with E-state index in [1.165, 1.54) is 45.2 Å². The number of ether oxygens (including phenoxy) is 7. The number of likely N-dealkylation sites (N-methyl/N-ethyl adjacent to an activating group) is 1. The first-order valence-electron chi connectivity index (χ1n) is 41.2. The van der Waals surface area contributed by atoms with Crippen molar-refractivity contribution < 1.29 is 131 Å². The largest absolute Gasteiger partial charge is 0.508 e. The number of carboxylic acids is 1. The summed E-state index contributed by atoms with van der Waals surface area (Å²) in [6.45, 7) is 8.21.